The van der Waals surface area contributed by atoms with E-state index in [-0.39, 0.29) is 24.4 Å². The molecule has 0 spiro atoms. The van der Waals surface area contributed by atoms with Crippen LogP contribution in [0, 0.1) is 5.92 Å². The molecule has 0 N–H and O–H groups in total. The highest BCUT2D eigenvalue weighted by molar-refractivity contribution is 5.26. The van der Waals surface area contributed by atoms with Gasteiger partial charge in [-0.05, 0) is 57.7 Å². The molecule has 3 aliphatic rings. The van der Waals surface area contributed by atoms with Crippen LogP contribution in [0.4, 0.5) is 0 Å². The van der Waals surface area contributed by atoms with Crippen LogP contribution in [0.1, 0.15) is 53.5 Å². The number of fused-ring (bicyclic) bond motifs is 3. The van der Waals surface area contributed by atoms with Gasteiger partial charge in [-0.1, -0.05) is 26.0 Å². The SMILES string of the molecule is CC(C)CCOc1ccc(COC[C@@H]2O[C@@H]3OC(C)(C)O[C@H]3[C@H]3OC(C)(C)O[C@@H]32)cc1. The first-order valence-electron chi connectivity index (χ1n) is 11.3. The number of rotatable bonds is 8. The zero-order valence-electron chi connectivity index (χ0n) is 19.5. The van der Waals surface area contributed by atoms with Crippen molar-refractivity contribution in [2.45, 2.75) is 96.9 Å². The van der Waals surface area contributed by atoms with E-state index in [0.717, 1.165) is 24.3 Å². The molecule has 1 aromatic rings. The van der Waals surface area contributed by atoms with E-state index in [9.17, 15) is 0 Å². The lowest BCUT2D eigenvalue weighted by molar-refractivity contribution is -0.243. The van der Waals surface area contributed by atoms with Crippen molar-refractivity contribution in [3.63, 3.8) is 0 Å². The Kier molecular flexibility index (Phi) is 6.64. The number of hydrogen-bond acceptors (Lipinski definition) is 7. The number of ether oxygens (including phenoxy) is 7. The van der Waals surface area contributed by atoms with E-state index in [1.54, 1.807) is 0 Å². The van der Waals surface area contributed by atoms with Gasteiger partial charge in [0.05, 0.1) is 19.8 Å². The molecule has 31 heavy (non-hydrogen) atoms. The Morgan fingerprint density at radius 1 is 0.871 bits per heavy atom. The van der Waals surface area contributed by atoms with E-state index in [2.05, 4.69) is 13.8 Å². The third-order valence-corrected chi connectivity index (χ3v) is 5.69. The molecule has 0 bridgehead atoms. The van der Waals surface area contributed by atoms with Gasteiger partial charge < -0.3 is 33.2 Å². The van der Waals surface area contributed by atoms with E-state index in [1.165, 1.54) is 0 Å². The summed E-state index contributed by atoms with van der Waals surface area (Å²) in [7, 11) is 0. The van der Waals surface area contributed by atoms with Crippen molar-refractivity contribution in [2.75, 3.05) is 13.2 Å². The first kappa shape index (κ1) is 23.0. The van der Waals surface area contributed by atoms with Crippen molar-refractivity contribution >= 4 is 0 Å². The standard InChI is InChI=1S/C24H36O7/c1-15(2)11-12-26-17-9-7-16(8-10-17)13-25-14-18-19-20(29-23(3,4)28-19)21-22(27-18)31-24(5,6)30-21/h7-10,15,18-22H,11-14H2,1-6H3/t18-,19+,20-,21-,22+/m0/s1. The maximum absolute atomic E-state index is 6.18. The highest BCUT2D eigenvalue weighted by atomic mass is 16.9. The van der Waals surface area contributed by atoms with Crippen LogP contribution in [0.3, 0.4) is 0 Å². The molecule has 7 heteroatoms. The summed E-state index contributed by atoms with van der Waals surface area (Å²) in [5.74, 6) is 0.100. The Balaban J connectivity index is 1.31. The van der Waals surface area contributed by atoms with Crippen molar-refractivity contribution in [3.8, 4) is 5.75 Å². The highest BCUT2D eigenvalue weighted by Gasteiger charge is 2.60. The predicted molar refractivity (Wildman–Crippen MR) is 114 cm³/mol. The van der Waals surface area contributed by atoms with Gasteiger partial charge in [0, 0.05) is 0 Å². The first-order chi connectivity index (χ1) is 14.6. The van der Waals surface area contributed by atoms with Gasteiger partial charge in [-0.2, -0.15) is 0 Å². The molecule has 4 rings (SSSR count). The van der Waals surface area contributed by atoms with Gasteiger partial charge >= 0.3 is 0 Å². The Morgan fingerprint density at radius 2 is 1.52 bits per heavy atom. The molecule has 3 fully saturated rings. The summed E-state index contributed by atoms with van der Waals surface area (Å²) >= 11 is 0. The van der Waals surface area contributed by atoms with Crippen molar-refractivity contribution in [1.82, 2.24) is 0 Å². The molecule has 0 radical (unpaired) electrons. The summed E-state index contributed by atoms with van der Waals surface area (Å²) in [4.78, 5) is 0. The highest BCUT2D eigenvalue weighted by Crippen LogP contribution is 2.44. The van der Waals surface area contributed by atoms with Crippen molar-refractivity contribution in [1.29, 1.82) is 0 Å². The van der Waals surface area contributed by atoms with Gasteiger partial charge in [0.25, 0.3) is 0 Å². The van der Waals surface area contributed by atoms with Crippen LogP contribution < -0.4 is 4.74 Å². The summed E-state index contributed by atoms with van der Waals surface area (Å²) < 4.78 is 42.2. The van der Waals surface area contributed by atoms with E-state index < -0.39 is 17.9 Å². The number of hydrogen-bond donors (Lipinski definition) is 0. The fourth-order valence-electron chi connectivity index (χ4n) is 4.21. The lowest BCUT2D eigenvalue weighted by Crippen LogP contribution is -2.56. The molecule has 3 saturated heterocycles. The monoisotopic (exact) mass is 436 g/mol. The molecule has 3 aliphatic heterocycles. The second kappa shape index (κ2) is 8.96. The van der Waals surface area contributed by atoms with E-state index in [0.29, 0.717) is 19.1 Å². The van der Waals surface area contributed by atoms with Gasteiger partial charge in [0.1, 0.15) is 30.2 Å². The molecule has 1 aromatic carbocycles. The molecule has 0 unspecified atom stereocenters. The summed E-state index contributed by atoms with van der Waals surface area (Å²) in [6, 6.07) is 8.03. The van der Waals surface area contributed by atoms with E-state index >= 15 is 0 Å². The largest absolute Gasteiger partial charge is 0.494 e. The second-order valence-corrected chi connectivity index (χ2v) is 9.90. The van der Waals surface area contributed by atoms with Crippen LogP contribution in [0.5, 0.6) is 5.75 Å². The normalized spacial score (nSPS) is 33.3. The topological polar surface area (TPSA) is 64.6 Å². The Hall–Kier alpha value is -1.22. The summed E-state index contributed by atoms with van der Waals surface area (Å²) in [5.41, 5.74) is 1.08. The predicted octanol–water partition coefficient (Wildman–Crippen LogP) is 4.02. The third-order valence-electron chi connectivity index (χ3n) is 5.69. The fourth-order valence-corrected chi connectivity index (χ4v) is 4.21. The van der Waals surface area contributed by atoms with Crippen LogP contribution in [0.15, 0.2) is 24.3 Å². The molecule has 5 atom stereocenters. The minimum absolute atomic E-state index is 0.258. The summed E-state index contributed by atoms with van der Waals surface area (Å²) in [6.45, 7) is 13.5. The van der Waals surface area contributed by atoms with Gasteiger partial charge in [-0.15, -0.1) is 0 Å². The minimum atomic E-state index is -0.718. The molecule has 174 valence electrons. The van der Waals surface area contributed by atoms with Crippen LogP contribution in [-0.2, 0) is 35.0 Å². The number of benzene rings is 1. The van der Waals surface area contributed by atoms with Gasteiger partial charge in [-0.3, -0.25) is 0 Å². The van der Waals surface area contributed by atoms with Gasteiger partial charge in [0.15, 0.2) is 17.9 Å². The zero-order valence-corrected chi connectivity index (χ0v) is 19.5. The molecule has 0 aromatic heterocycles. The fraction of sp³-hybridized carbons (Fsp3) is 0.750. The maximum Gasteiger partial charge on any atom is 0.190 e. The zero-order chi connectivity index (χ0) is 22.2. The average molecular weight is 437 g/mol. The van der Waals surface area contributed by atoms with Crippen molar-refractivity contribution in [2.24, 2.45) is 5.92 Å². The summed E-state index contributed by atoms with van der Waals surface area (Å²) in [6.07, 6.45) is -0.600. The molecular formula is C24H36O7. The third kappa shape index (κ3) is 5.59. The molecular weight excluding hydrogens is 400 g/mol. The maximum atomic E-state index is 6.18. The van der Waals surface area contributed by atoms with E-state index in [4.69, 9.17) is 33.2 Å². The minimum Gasteiger partial charge on any atom is -0.494 e. The molecule has 3 heterocycles. The molecule has 0 aliphatic carbocycles. The van der Waals surface area contributed by atoms with Crippen molar-refractivity contribution in [3.05, 3.63) is 29.8 Å². The lowest BCUT2D eigenvalue weighted by atomic mass is 9.99. The van der Waals surface area contributed by atoms with Crippen LogP contribution in [0.2, 0.25) is 0 Å². The molecule has 0 saturated carbocycles. The Bertz CT molecular complexity index is 730. The Morgan fingerprint density at radius 3 is 2.23 bits per heavy atom. The molecule has 0 amide bonds. The smallest absolute Gasteiger partial charge is 0.190 e. The van der Waals surface area contributed by atoms with E-state index in [1.807, 2.05) is 52.0 Å². The summed E-state index contributed by atoms with van der Waals surface area (Å²) in [5, 5.41) is 0. The lowest BCUT2D eigenvalue weighted by Gasteiger charge is -2.37. The van der Waals surface area contributed by atoms with Gasteiger partial charge in [-0.25, -0.2) is 0 Å². The van der Waals surface area contributed by atoms with Crippen molar-refractivity contribution < 1.29 is 33.2 Å². The van der Waals surface area contributed by atoms with Crippen LogP contribution >= 0.6 is 0 Å². The first-order valence-corrected chi connectivity index (χ1v) is 11.3. The Labute approximate surface area is 185 Å². The second-order valence-electron chi connectivity index (χ2n) is 9.90. The van der Waals surface area contributed by atoms with Crippen LogP contribution in [-0.4, -0.2) is 55.5 Å². The average Bonchev–Trinajstić information content (AvgIpc) is 3.17. The van der Waals surface area contributed by atoms with Gasteiger partial charge in [0.2, 0.25) is 0 Å². The van der Waals surface area contributed by atoms with Crippen LogP contribution in [0.25, 0.3) is 0 Å². The quantitative estimate of drug-likeness (QED) is 0.610. The molecule has 7 nitrogen and oxygen atoms in total.